The van der Waals surface area contributed by atoms with E-state index in [1.54, 1.807) is 36.4 Å². The number of rotatable bonds is 12. The van der Waals surface area contributed by atoms with Crippen molar-refractivity contribution in [2.45, 2.75) is 13.2 Å². The summed E-state index contributed by atoms with van der Waals surface area (Å²) in [6.07, 6.45) is 0. The van der Waals surface area contributed by atoms with Crippen LogP contribution >= 0.6 is 45.9 Å². The van der Waals surface area contributed by atoms with Crippen molar-refractivity contribution >= 4 is 95.6 Å². The van der Waals surface area contributed by atoms with Gasteiger partial charge in [0.25, 0.3) is 5.91 Å². The van der Waals surface area contributed by atoms with Gasteiger partial charge in [-0.2, -0.15) is 0 Å². The third kappa shape index (κ3) is 8.94. The maximum Gasteiger partial charge on any atom is 0.346 e. The van der Waals surface area contributed by atoms with Gasteiger partial charge >= 0.3 is 5.97 Å². The number of primary amides is 3. The number of nitrogens with one attached hydrogen (secondary N) is 1. The highest BCUT2D eigenvalue weighted by atomic mass is 35.5. The van der Waals surface area contributed by atoms with Crippen LogP contribution in [-0.2, 0) is 18.0 Å². The van der Waals surface area contributed by atoms with Crippen LogP contribution in [0.4, 0.5) is 17.6 Å². The Hall–Kier alpha value is -5.95. The Balaban J connectivity index is 0.000000216. The first kappa shape index (κ1) is 41.2. The summed E-state index contributed by atoms with van der Waals surface area (Å²) in [5.41, 5.74) is 14.9. The van der Waals surface area contributed by atoms with Crippen molar-refractivity contribution in [1.82, 2.24) is 5.32 Å². The van der Waals surface area contributed by atoms with Crippen LogP contribution in [0.5, 0.6) is 11.5 Å². The van der Waals surface area contributed by atoms with Crippen molar-refractivity contribution in [3.05, 3.63) is 126 Å². The van der Waals surface area contributed by atoms with Gasteiger partial charge in [-0.15, -0.1) is 22.7 Å². The van der Waals surface area contributed by atoms with Crippen molar-refractivity contribution in [3.63, 3.8) is 0 Å². The van der Waals surface area contributed by atoms with E-state index in [4.69, 9.17) is 49.9 Å². The molecule has 2 aromatic heterocycles. The van der Waals surface area contributed by atoms with Crippen LogP contribution in [0.15, 0.2) is 60.7 Å². The van der Waals surface area contributed by atoms with Gasteiger partial charge in [-0.05, 0) is 48.5 Å². The number of amides is 4. The van der Waals surface area contributed by atoms with Crippen molar-refractivity contribution < 1.29 is 56.1 Å². The third-order valence-corrected chi connectivity index (χ3v) is 10.6. The number of hydrogen-bond donors (Lipinski definition) is 5. The van der Waals surface area contributed by atoms with Crippen LogP contribution in [-0.4, -0.2) is 41.2 Å². The predicted molar refractivity (Wildman–Crippen MR) is 201 cm³/mol. The Morgan fingerprint density at radius 2 is 1.05 bits per heavy atom. The zero-order chi connectivity index (χ0) is 41.0. The molecule has 0 aliphatic heterocycles. The number of carboxylic acids is 1. The summed E-state index contributed by atoms with van der Waals surface area (Å²) in [6, 6.07) is 12.9. The van der Waals surface area contributed by atoms with Gasteiger partial charge in [0.05, 0.1) is 11.4 Å². The van der Waals surface area contributed by atoms with Crippen molar-refractivity contribution in [2.24, 2.45) is 17.2 Å². The van der Waals surface area contributed by atoms with Gasteiger partial charge in [-0.1, -0.05) is 35.3 Å². The quantitative estimate of drug-likeness (QED) is 0.0812. The monoisotopic (exact) mass is 850 g/mol. The third-order valence-electron chi connectivity index (χ3n) is 7.64. The zero-order valence-electron chi connectivity index (χ0n) is 28.0. The number of hydrogen-bond acceptors (Lipinski definition) is 9. The molecule has 20 heteroatoms. The van der Waals surface area contributed by atoms with Gasteiger partial charge in [0.1, 0.15) is 18.1 Å². The molecule has 0 atom stereocenters. The molecule has 0 bridgehead atoms. The first-order valence-electron chi connectivity index (χ1n) is 15.5. The summed E-state index contributed by atoms with van der Waals surface area (Å²) < 4.78 is 68.3. The molecular formula is C36H24Cl2F4N4O8S2. The molecule has 0 unspecified atom stereocenters. The van der Waals surface area contributed by atoms with E-state index >= 15 is 0 Å². The summed E-state index contributed by atoms with van der Waals surface area (Å²) in [5.74, 6) is -10.5. The van der Waals surface area contributed by atoms with Gasteiger partial charge in [0.2, 0.25) is 17.7 Å². The Morgan fingerprint density at radius 3 is 1.43 bits per heavy atom. The van der Waals surface area contributed by atoms with Crippen molar-refractivity contribution in [2.75, 3.05) is 6.54 Å². The van der Waals surface area contributed by atoms with Crippen molar-refractivity contribution in [3.8, 4) is 11.5 Å². The maximum absolute atomic E-state index is 14.2. The number of carbonyl (C=O) groups is 5. The van der Waals surface area contributed by atoms with E-state index in [0.29, 0.717) is 30.2 Å². The second kappa shape index (κ2) is 17.2. The summed E-state index contributed by atoms with van der Waals surface area (Å²) in [6.45, 7) is -1.22. The first-order chi connectivity index (χ1) is 26.5. The summed E-state index contributed by atoms with van der Waals surface area (Å²) in [7, 11) is 0. The molecular weight excluding hydrogens is 827 g/mol. The van der Waals surface area contributed by atoms with E-state index in [-0.39, 0.29) is 38.6 Å². The van der Waals surface area contributed by atoms with Gasteiger partial charge in [0, 0.05) is 52.5 Å². The Kier molecular flexibility index (Phi) is 12.7. The molecule has 0 saturated carbocycles. The molecule has 4 aromatic carbocycles. The molecule has 6 aromatic rings. The normalized spacial score (nSPS) is 10.8. The van der Waals surface area contributed by atoms with E-state index in [9.17, 15) is 46.6 Å². The number of aromatic carboxylic acids is 1. The standard InChI is InChI=1S/C19H14ClF2N3O4S.C17H10ClF2NO4S/c20-10-2-1-3-13-15(10)9(17(30-13)19(28)25-6-14(23)26)7-29-16-11(21)4-8(18(24)27)5-12(16)22;18-9-2-1-3-12-13(9)8(15(26-12)17(23)24)6-25-14-10(19)4-7(16(21)22)5-11(14)20/h1-5H,6-7H2,(H2,23,26)(H2,24,27)(H,25,28);1-5H,6H2,(H2,21,22)(H,23,24). The van der Waals surface area contributed by atoms with Gasteiger partial charge in [-0.3, -0.25) is 19.2 Å². The molecule has 56 heavy (non-hydrogen) atoms. The number of nitrogens with two attached hydrogens (primary N) is 3. The summed E-state index contributed by atoms with van der Waals surface area (Å²) in [5, 5.41) is 13.3. The fourth-order valence-corrected chi connectivity index (χ4v) is 8.10. The van der Waals surface area contributed by atoms with E-state index in [0.717, 1.165) is 46.9 Å². The molecule has 4 amide bonds. The number of ether oxygens (including phenoxy) is 2. The fraction of sp³-hybridized carbons (Fsp3) is 0.0833. The number of thiophene rings is 2. The number of carboxylic acid groups (broad SMARTS) is 1. The Labute approximate surface area is 330 Å². The lowest BCUT2D eigenvalue weighted by Crippen LogP contribution is -2.33. The van der Waals surface area contributed by atoms with E-state index in [2.05, 4.69) is 5.32 Å². The molecule has 0 radical (unpaired) electrons. The molecule has 0 spiro atoms. The molecule has 12 nitrogen and oxygen atoms in total. The molecule has 290 valence electrons. The first-order valence-corrected chi connectivity index (χ1v) is 17.9. The second-order valence-electron chi connectivity index (χ2n) is 11.3. The number of carbonyl (C=O) groups excluding carboxylic acids is 4. The summed E-state index contributed by atoms with van der Waals surface area (Å²) >= 11 is 14.4. The van der Waals surface area contributed by atoms with Crippen LogP contribution in [0.2, 0.25) is 10.0 Å². The molecule has 6 rings (SSSR count). The molecule has 0 aliphatic carbocycles. The number of halogens is 6. The maximum atomic E-state index is 14.2. The van der Waals surface area contributed by atoms with Gasteiger partial charge in [-0.25, -0.2) is 22.4 Å². The zero-order valence-corrected chi connectivity index (χ0v) is 31.2. The van der Waals surface area contributed by atoms with Gasteiger partial charge in [0.15, 0.2) is 34.8 Å². The van der Waals surface area contributed by atoms with Gasteiger partial charge < -0.3 is 37.1 Å². The predicted octanol–water partition coefficient (Wildman–Crippen LogP) is 6.93. The van der Waals surface area contributed by atoms with E-state index in [1.165, 1.54) is 0 Å². The number of benzene rings is 4. The molecule has 0 saturated heterocycles. The van der Waals surface area contributed by atoms with Crippen LogP contribution in [0.3, 0.4) is 0 Å². The minimum atomic E-state index is -1.20. The highest BCUT2D eigenvalue weighted by Crippen LogP contribution is 2.39. The van der Waals surface area contributed by atoms with Crippen molar-refractivity contribution in [1.29, 1.82) is 0 Å². The minimum Gasteiger partial charge on any atom is -0.483 e. The van der Waals surface area contributed by atoms with Crippen LogP contribution in [0.25, 0.3) is 20.2 Å². The lowest BCUT2D eigenvalue weighted by atomic mass is 10.1. The second-order valence-corrected chi connectivity index (χ2v) is 14.3. The highest BCUT2D eigenvalue weighted by molar-refractivity contribution is 7.21. The molecule has 2 heterocycles. The lowest BCUT2D eigenvalue weighted by Gasteiger charge is -2.11. The largest absolute Gasteiger partial charge is 0.483 e. The molecule has 0 aliphatic rings. The fourth-order valence-electron chi connectivity index (χ4n) is 5.18. The molecule has 0 fully saturated rings. The summed E-state index contributed by atoms with van der Waals surface area (Å²) in [4.78, 5) is 57.2. The topological polar surface area (TPSA) is 214 Å². The Bertz CT molecular complexity index is 2540. The lowest BCUT2D eigenvalue weighted by molar-refractivity contribution is -0.117. The number of fused-ring (bicyclic) bond motifs is 2. The van der Waals surface area contributed by atoms with Crippen LogP contribution in [0, 0.1) is 23.3 Å². The average Bonchev–Trinajstić information content (AvgIpc) is 3.70. The van der Waals surface area contributed by atoms with E-state index < -0.39 is 77.6 Å². The molecule has 8 N–H and O–H groups in total. The average molecular weight is 852 g/mol. The smallest absolute Gasteiger partial charge is 0.346 e. The Morgan fingerprint density at radius 1 is 0.661 bits per heavy atom. The highest BCUT2D eigenvalue weighted by Gasteiger charge is 2.24. The SMILES string of the molecule is NC(=O)CNC(=O)c1sc2cccc(Cl)c2c1COc1c(F)cc(C(N)=O)cc1F.NC(=O)c1cc(F)c(OCc2c(C(=O)O)sc3cccc(Cl)c23)c(F)c1. The van der Waals surface area contributed by atoms with Crippen LogP contribution in [0.1, 0.15) is 51.2 Å². The minimum absolute atomic E-state index is 0.0392. The van der Waals surface area contributed by atoms with Crippen LogP contribution < -0.4 is 32.0 Å². The van der Waals surface area contributed by atoms with E-state index in [1.807, 2.05) is 0 Å².